The number of carbonyl (C=O) groups is 2. The number of carbonyl (C=O) groups excluding carboxylic acids is 2. The zero-order valence-electron chi connectivity index (χ0n) is 11.2. The second-order valence-corrected chi connectivity index (χ2v) is 4.99. The molecule has 3 rings (SSSR count). The summed E-state index contributed by atoms with van der Waals surface area (Å²) in [5.74, 6) is -0.335. The number of fused-ring (bicyclic) bond motifs is 1. The third-order valence-electron chi connectivity index (χ3n) is 3.75. The van der Waals surface area contributed by atoms with Gasteiger partial charge >= 0.3 is 0 Å². The van der Waals surface area contributed by atoms with Crippen LogP contribution in [0.5, 0.6) is 0 Å². The van der Waals surface area contributed by atoms with Crippen molar-refractivity contribution >= 4 is 11.8 Å². The summed E-state index contributed by atoms with van der Waals surface area (Å²) in [7, 11) is 0. The van der Waals surface area contributed by atoms with E-state index in [4.69, 9.17) is 0 Å². The van der Waals surface area contributed by atoms with Crippen LogP contribution in [0, 0.1) is 0 Å². The minimum Gasteiger partial charge on any atom is -0.274 e. The van der Waals surface area contributed by atoms with E-state index < -0.39 is 0 Å². The van der Waals surface area contributed by atoms with Gasteiger partial charge in [-0.1, -0.05) is 48.5 Å². The molecular formula is C17H15NO2. The molecular weight excluding hydrogens is 250 g/mol. The third kappa shape index (κ3) is 2.01. The van der Waals surface area contributed by atoms with Crippen LogP contribution in [-0.2, 0) is 11.2 Å². The number of imide groups is 1. The van der Waals surface area contributed by atoms with Crippen LogP contribution in [0.2, 0.25) is 0 Å². The van der Waals surface area contributed by atoms with Gasteiger partial charge in [0.05, 0.1) is 12.5 Å². The number of nitrogens with zero attached hydrogens (tertiary/aromatic N) is 1. The molecule has 3 nitrogen and oxygen atoms in total. The lowest BCUT2D eigenvalue weighted by Gasteiger charge is -2.32. The first-order chi connectivity index (χ1) is 9.68. The molecule has 0 saturated heterocycles. The Labute approximate surface area is 117 Å². The summed E-state index contributed by atoms with van der Waals surface area (Å²) in [4.78, 5) is 26.2. The number of benzene rings is 2. The van der Waals surface area contributed by atoms with Crippen molar-refractivity contribution in [3.63, 3.8) is 0 Å². The number of amides is 2. The summed E-state index contributed by atoms with van der Waals surface area (Å²) in [6, 6.07) is 16.7. The van der Waals surface area contributed by atoms with Gasteiger partial charge < -0.3 is 0 Å². The van der Waals surface area contributed by atoms with Crippen LogP contribution in [0.3, 0.4) is 0 Å². The minimum atomic E-state index is -0.246. The van der Waals surface area contributed by atoms with E-state index in [2.05, 4.69) is 0 Å². The van der Waals surface area contributed by atoms with E-state index in [0.717, 1.165) is 11.1 Å². The standard InChI is InChI=1S/C17H15NO2/c1-12(13-7-3-2-4-8-13)18-16(19)11-14-9-5-6-10-15(14)17(18)20/h2-10,12H,11H2,1H3/t12-/m0/s1. The van der Waals surface area contributed by atoms with Crippen LogP contribution in [0.4, 0.5) is 0 Å². The lowest BCUT2D eigenvalue weighted by Crippen LogP contribution is -2.43. The second-order valence-electron chi connectivity index (χ2n) is 4.99. The average Bonchev–Trinajstić information content (AvgIpc) is 2.48. The molecule has 1 aliphatic heterocycles. The Bertz CT molecular complexity index is 664. The predicted molar refractivity (Wildman–Crippen MR) is 76.2 cm³/mol. The maximum absolute atomic E-state index is 12.5. The molecule has 1 atom stereocenters. The minimum absolute atomic E-state index is 0.134. The molecule has 0 aromatic heterocycles. The molecule has 2 aromatic carbocycles. The molecule has 20 heavy (non-hydrogen) atoms. The Morgan fingerprint density at radius 1 is 0.950 bits per heavy atom. The first-order valence-electron chi connectivity index (χ1n) is 6.67. The molecule has 2 amide bonds. The molecule has 1 aliphatic rings. The Morgan fingerprint density at radius 3 is 2.35 bits per heavy atom. The number of rotatable bonds is 2. The first kappa shape index (κ1) is 12.6. The van der Waals surface area contributed by atoms with Gasteiger partial charge in [0.1, 0.15) is 0 Å². The molecule has 0 N–H and O–H groups in total. The van der Waals surface area contributed by atoms with Crippen LogP contribution >= 0.6 is 0 Å². The van der Waals surface area contributed by atoms with Crippen LogP contribution in [-0.4, -0.2) is 16.7 Å². The van der Waals surface area contributed by atoms with Gasteiger partial charge in [0.25, 0.3) is 5.91 Å². The van der Waals surface area contributed by atoms with Gasteiger partial charge in [-0.25, -0.2) is 0 Å². The Hall–Kier alpha value is -2.42. The van der Waals surface area contributed by atoms with Crippen molar-refractivity contribution in [3.8, 4) is 0 Å². The van der Waals surface area contributed by atoms with E-state index in [9.17, 15) is 9.59 Å². The molecule has 0 bridgehead atoms. The van der Waals surface area contributed by atoms with E-state index in [1.807, 2.05) is 55.5 Å². The van der Waals surface area contributed by atoms with E-state index in [1.54, 1.807) is 6.07 Å². The summed E-state index contributed by atoms with van der Waals surface area (Å²) in [5.41, 5.74) is 2.42. The Kier molecular flexibility index (Phi) is 3.11. The second kappa shape index (κ2) is 4.93. The van der Waals surface area contributed by atoms with Crippen LogP contribution in [0.15, 0.2) is 54.6 Å². The van der Waals surface area contributed by atoms with Gasteiger partial charge in [-0.3, -0.25) is 14.5 Å². The van der Waals surface area contributed by atoms with Crippen molar-refractivity contribution in [2.45, 2.75) is 19.4 Å². The van der Waals surface area contributed by atoms with Crippen molar-refractivity contribution in [2.75, 3.05) is 0 Å². The van der Waals surface area contributed by atoms with Crippen LogP contribution in [0.1, 0.15) is 34.5 Å². The van der Waals surface area contributed by atoms with E-state index in [0.29, 0.717) is 12.0 Å². The quantitative estimate of drug-likeness (QED) is 0.783. The molecule has 100 valence electrons. The fraction of sp³-hybridized carbons (Fsp3) is 0.176. The van der Waals surface area contributed by atoms with Gasteiger partial charge in [0.2, 0.25) is 5.91 Å². The molecule has 0 spiro atoms. The fourth-order valence-electron chi connectivity index (χ4n) is 2.65. The fourth-order valence-corrected chi connectivity index (χ4v) is 2.65. The molecule has 0 saturated carbocycles. The van der Waals surface area contributed by atoms with E-state index in [1.165, 1.54) is 4.90 Å². The molecule has 1 heterocycles. The summed E-state index contributed by atoms with van der Waals surface area (Å²) in [6.45, 7) is 1.89. The van der Waals surface area contributed by atoms with Gasteiger partial charge in [-0.15, -0.1) is 0 Å². The maximum atomic E-state index is 12.5. The lowest BCUT2D eigenvalue weighted by atomic mass is 9.96. The predicted octanol–water partition coefficient (Wildman–Crippen LogP) is 2.97. The van der Waals surface area contributed by atoms with Gasteiger partial charge in [-0.2, -0.15) is 0 Å². The summed E-state index contributed by atoms with van der Waals surface area (Å²) in [5, 5.41) is 0. The topological polar surface area (TPSA) is 37.4 Å². The smallest absolute Gasteiger partial charge is 0.261 e. The van der Waals surface area contributed by atoms with E-state index >= 15 is 0 Å². The van der Waals surface area contributed by atoms with Crippen molar-refractivity contribution in [3.05, 3.63) is 71.3 Å². The van der Waals surface area contributed by atoms with Crippen molar-refractivity contribution < 1.29 is 9.59 Å². The van der Waals surface area contributed by atoms with Crippen molar-refractivity contribution in [2.24, 2.45) is 0 Å². The largest absolute Gasteiger partial charge is 0.274 e. The highest BCUT2D eigenvalue weighted by Gasteiger charge is 2.34. The highest BCUT2D eigenvalue weighted by molar-refractivity contribution is 6.10. The highest BCUT2D eigenvalue weighted by Crippen LogP contribution is 2.28. The van der Waals surface area contributed by atoms with Crippen LogP contribution in [0.25, 0.3) is 0 Å². The highest BCUT2D eigenvalue weighted by atomic mass is 16.2. The Balaban J connectivity index is 1.99. The molecule has 3 heteroatoms. The van der Waals surface area contributed by atoms with Gasteiger partial charge in [0.15, 0.2) is 0 Å². The normalized spacial score (nSPS) is 15.9. The number of hydrogen-bond acceptors (Lipinski definition) is 2. The third-order valence-corrected chi connectivity index (χ3v) is 3.75. The first-order valence-corrected chi connectivity index (χ1v) is 6.67. The summed E-state index contributed by atoms with van der Waals surface area (Å²) < 4.78 is 0. The molecule has 0 radical (unpaired) electrons. The zero-order valence-corrected chi connectivity index (χ0v) is 11.2. The van der Waals surface area contributed by atoms with Crippen LogP contribution < -0.4 is 0 Å². The summed E-state index contributed by atoms with van der Waals surface area (Å²) in [6.07, 6.45) is 0.291. The Morgan fingerprint density at radius 2 is 1.60 bits per heavy atom. The monoisotopic (exact) mass is 265 g/mol. The van der Waals surface area contributed by atoms with Crippen molar-refractivity contribution in [1.82, 2.24) is 4.90 Å². The van der Waals surface area contributed by atoms with Gasteiger partial charge in [0, 0.05) is 5.56 Å². The maximum Gasteiger partial charge on any atom is 0.261 e. The zero-order chi connectivity index (χ0) is 14.1. The van der Waals surface area contributed by atoms with E-state index in [-0.39, 0.29) is 17.9 Å². The lowest BCUT2D eigenvalue weighted by molar-refractivity contribution is -0.130. The SMILES string of the molecule is C[C@@H](c1ccccc1)N1C(=O)Cc2ccccc2C1=O. The summed E-state index contributed by atoms with van der Waals surface area (Å²) >= 11 is 0. The van der Waals surface area contributed by atoms with Gasteiger partial charge in [-0.05, 0) is 24.1 Å². The number of hydrogen-bond donors (Lipinski definition) is 0. The van der Waals surface area contributed by atoms with Crippen molar-refractivity contribution in [1.29, 1.82) is 0 Å². The molecule has 0 aliphatic carbocycles. The molecule has 0 fully saturated rings. The molecule has 2 aromatic rings. The average molecular weight is 265 g/mol. The molecule has 0 unspecified atom stereocenters.